The van der Waals surface area contributed by atoms with Gasteiger partial charge in [-0.05, 0) is 36.4 Å². The third-order valence-electron chi connectivity index (χ3n) is 3.25. The van der Waals surface area contributed by atoms with E-state index >= 15 is 0 Å². The van der Waals surface area contributed by atoms with Crippen LogP contribution < -0.4 is 10.5 Å². The highest BCUT2D eigenvalue weighted by molar-refractivity contribution is 6.09. The second kappa shape index (κ2) is 6.14. The maximum absolute atomic E-state index is 12.4. The van der Waals surface area contributed by atoms with E-state index in [1.165, 1.54) is 0 Å². The zero-order chi connectivity index (χ0) is 15.4. The summed E-state index contributed by atoms with van der Waals surface area (Å²) < 4.78 is 5.75. The maximum Gasteiger partial charge on any atom is 0.193 e. The second-order valence-corrected chi connectivity index (χ2v) is 4.89. The Morgan fingerprint density at radius 1 is 0.727 bits per heavy atom. The topological polar surface area (TPSA) is 52.3 Å². The van der Waals surface area contributed by atoms with Gasteiger partial charge in [-0.25, -0.2) is 0 Å². The number of ether oxygens (including phenoxy) is 1. The van der Waals surface area contributed by atoms with Crippen molar-refractivity contribution in [2.75, 3.05) is 5.73 Å². The molecule has 3 aromatic rings. The smallest absolute Gasteiger partial charge is 0.193 e. The largest absolute Gasteiger partial charge is 0.457 e. The van der Waals surface area contributed by atoms with Crippen LogP contribution in [0.3, 0.4) is 0 Å². The van der Waals surface area contributed by atoms with Gasteiger partial charge in [0.25, 0.3) is 0 Å². The van der Waals surface area contributed by atoms with E-state index in [9.17, 15) is 4.79 Å². The van der Waals surface area contributed by atoms with E-state index in [1.54, 1.807) is 48.5 Å². The third-order valence-corrected chi connectivity index (χ3v) is 3.25. The normalized spacial score (nSPS) is 10.2. The van der Waals surface area contributed by atoms with Crippen molar-refractivity contribution in [3.05, 3.63) is 90.0 Å². The summed E-state index contributed by atoms with van der Waals surface area (Å²) in [7, 11) is 0. The number of anilines is 1. The van der Waals surface area contributed by atoms with Gasteiger partial charge < -0.3 is 10.5 Å². The van der Waals surface area contributed by atoms with Gasteiger partial charge in [0.2, 0.25) is 0 Å². The van der Waals surface area contributed by atoms with Gasteiger partial charge >= 0.3 is 0 Å². The van der Waals surface area contributed by atoms with Crippen molar-refractivity contribution < 1.29 is 9.53 Å². The number of benzene rings is 3. The average Bonchev–Trinajstić information content (AvgIpc) is 2.57. The monoisotopic (exact) mass is 289 g/mol. The average molecular weight is 289 g/mol. The molecule has 0 aromatic heterocycles. The van der Waals surface area contributed by atoms with Crippen molar-refractivity contribution in [2.45, 2.75) is 0 Å². The Hall–Kier alpha value is -3.07. The molecule has 0 spiro atoms. The highest BCUT2D eigenvalue weighted by Gasteiger charge is 2.09. The molecule has 0 unspecified atom stereocenters. The fraction of sp³-hybridized carbons (Fsp3) is 0. The molecule has 0 atom stereocenters. The Kier molecular flexibility index (Phi) is 3.88. The van der Waals surface area contributed by atoms with Crippen LogP contribution in [0, 0.1) is 0 Å². The lowest BCUT2D eigenvalue weighted by atomic mass is 10.0. The number of hydrogen-bond donors (Lipinski definition) is 1. The minimum absolute atomic E-state index is 0.0247. The summed E-state index contributed by atoms with van der Waals surface area (Å²) in [6.07, 6.45) is 0. The standard InChI is InChI=1S/C19H15NO2/c20-16-9-11-17(12-10-16)22-18-8-4-7-15(13-18)19(21)14-5-2-1-3-6-14/h1-13H,20H2. The highest BCUT2D eigenvalue weighted by atomic mass is 16.5. The van der Waals surface area contributed by atoms with Crippen LogP contribution >= 0.6 is 0 Å². The minimum Gasteiger partial charge on any atom is -0.457 e. The number of carbonyl (C=O) groups is 1. The van der Waals surface area contributed by atoms with Gasteiger partial charge in [-0.2, -0.15) is 0 Å². The molecule has 0 heterocycles. The van der Waals surface area contributed by atoms with Crippen LogP contribution in [0.4, 0.5) is 5.69 Å². The van der Waals surface area contributed by atoms with E-state index in [0.29, 0.717) is 28.3 Å². The number of rotatable bonds is 4. The van der Waals surface area contributed by atoms with Crippen molar-refractivity contribution in [3.8, 4) is 11.5 Å². The van der Waals surface area contributed by atoms with Gasteiger partial charge in [0.15, 0.2) is 5.78 Å². The van der Waals surface area contributed by atoms with E-state index in [2.05, 4.69) is 0 Å². The Morgan fingerprint density at radius 2 is 1.41 bits per heavy atom. The van der Waals surface area contributed by atoms with Crippen LogP contribution in [0.25, 0.3) is 0 Å². The predicted molar refractivity (Wildman–Crippen MR) is 87.2 cm³/mol. The molecule has 0 saturated carbocycles. The molecule has 3 aromatic carbocycles. The van der Waals surface area contributed by atoms with Gasteiger partial charge in [0.05, 0.1) is 0 Å². The summed E-state index contributed by atoms with van der Waals surface area (Å²) in [5.74, 6) is 1.27. The summed E-state index contributed by atoms with van der Waals surface area (Å²) in [6, 6.07) is 23.5. The molecule has 0 saturated heterocycles. The Bertz CT molecular complexity index is 780. The van der Waals surface area contributed by atoms with Crippen LogP contribution in [0.15, 0.2) is 78.9 Å². The SMILES string of the molecule is Nc1ccc(Oc2cccc(C(=O)c3ccccc3)c2)cc1. The zero-order valence-electron chi connectivity index (χ0n) is 11.9. The minimum atomic E-state index is -0.0247. The van der Waals surface area contributed by atoms with Crippen molar-refractivity contribution in [1.82, 2.24) is 0 Å². The molecule has 0 aliphatic rings. The number of nitrogens with two attached hydrogens (primary N) is 1. The van der Waals surface area contributed by atoms with Crippen LogP contribution in [-0.4, -0.2) is 5.78 Å². The van der Waals surface area contributed by atoms with E-state index in [1.807, 2.05) is 30.3 Å². The first-order chi connectivity index (χ1) is 10.7. The molecule has 22 heavy (non-hydrogen) atoms. The highest BCUT2D eigenvalue weighted by Crippen LogP contribution is 2.24. The van der Waals surface area contributed by atoms with E-state index in [-0.39, 0.29) is 5.78 Å². The molecule has 3 nitrogen and oxygen atoms in total. The fourth-order valence-electron chi connectivity index (χ4n) is 2.13. The first kappa shape index (κ1) is 13.9. The Labute approximate surface area is 129 Å². The van der Waals surface area contributed by atoms with Crippen LogP contribution in [0.2, 0.25) is 0 Å². The molecular formula is C19H15NO2. The van der Waals surface area contributed by atoms with Gasteiger partial charge in [-0.15, -0.1) is 0 Å². The predicted octanol–water partition coefficient (Wildman–Crippen LogP) is 4.29. The lowest BCUT2D eigenvalue weighted by Crippen LogP contribution is -2.00. The molecule has 0 radical (unpaired) electrons. The Morgan fingerprint density at radius 3 is 2.14 bits per heavy atom. The quantitative estimate of drug-likeness (QED) is 0.575. The zero-order valence-corrected chi connectivity index (χ0v) is 11.9. The van der Waals surface area contributed by atoms with Crippen molar-refractivity contribution in [1.29, 1.82) is 0 Å². The molecule has 108 valence electrons. The molecule has 3 rings (SSSR count). The van der Waals surface area contributed by atoms with Crippen LogP contribution in [0.5, 0.6) is 11.5 Å². The fourth-order valence-corrected chi connectivity index (χ4v) is 2.13. The molecule has 0 bridgehead atoms. The summed E-state index contributed by atoms with van der Waals surface area (Å²) in [4.78, 5) is 12.4. The molecular weight excluding hydrogens is 274 g/mol. The maximum atomic E-state index is 12.4. The molecule has 0 aliphatic heterocycles. The van der Waals surface area contributed by atoms with Crippen molar-refractivity contribution in [3.63, 3.8) is 0 Å². The summed E-state index contributed by atoms with van der Waals surface area (Å²) in [5, 5.41) is 0. The number of hydrogen-bond acceptors (Lipinski definition) is 3. The van der Waals surface area contributed by atoms with E-state index < -0.39 is 0 Å². The Balaban J connectivity index is 1.83. The summed E-state index contributed by atoms with van der Waals surface area (Å²) >= 11 is 0. The lowest BCUT2D eigenvalue weighted by Gasteiger charge is -2.08. The van der Waals surface area contributed by atoms with Gasteiger partial charge in [-0.1, -0.05) is 42.5 Å². The molecule has 0 amide bonds. The first-order valence-corrected chi connectivity index (χ1v) is 6.95. The summed E-state index contributed by atoms with van der Waals surface area (Å²) in [6.45, 7) is 0. The van der Waals surface area contributed by atoms with Gasteiger partial charge in [0.1, 0.15) is 11.5 Å². The third kappa shape index (κ3) is 3.15. The number of nitrogen functional groups attached to an aromatic ring is 1. The lowest BCUT2D eigenvalue weighted by molar-refractivity contribution is 0.103. The molecule has 0 fully saturated rings. The molecule has 3 heteroatoms. The second-order valence-electron chi connectivity index (χ2n) is 4.89. The van der Waals surface area contributed by atoms with E-state index in [0.717, 1.165) is 0 Å². The van der Waals surface area contributed by atoms with Crippen LogP contribution in [0.1, 0.15) is 15.9 Å². The van der Waals surface area contributed by atoms with E-state index in [4.69, 9.17) is 10.5 Å². The number of ketones is 1. The van der Waals surface area contributed by atoms with Crippen molar-refractivity contribution in [2.24, 2.45) is 0 Å². The van der Waals surface area contributed by atoms with Crippen LogP contribution in [-0.2, 0) is 0 Å². The van der Waals surface area contributed by atoms with Crippen molar-refractivity contribution >= 4 is 11.5 Å². The number of carbonyl (C=O) groups excluding carboxylic acids is 1. The molecule has 2 N–H and O–H groups in total. The molecule has 0 aliphatic carbocycles. The van der Waals surface area contributed by atoms with Gasteiger partial charge in [0, 0.05) is 16.8 Å². The first-order valence-electron chi connectivity index (χ1n) is 6.95. The summed E-state index contributed by atoms with van der Waals surface area (Å²) in [5.41, 5.74) is 7.58. The van der Waals surface area contributed by atoms with Gasteiger partial charge in [-0.3, -0.25) is 4.79 Å².